The van der Waals surface area contributed by atoms with E-state index in [1.54, 1.807) is 24.0 Å². The molecule has 0 bridgehead atoms. The molecule has 2 atom stereocenters. The van der Waals surface area contributed by atoms with Crippen LogP contribution in [0.1, 0.15) is 24.5 Å². The zero-order valence-electron chi connectivity index (χ0n) is 11.9. The lowest BCUT2D eigenvalue weighted by Crippen LogP contribution is -2.49. The zero-order chi connectivity index (χ0) is 14.7. The maximum Gasteiger partial charge on any atom is 0.317 e. The Morgan fingerprint density at radius 2 is 2.30 bits per heavy atom. The van der Waals surface area contributed by atoms with Crippen LogP contribution in [-0.4, -0.2) is 35.2 Å². The van der Waals surface area contributed by atoms with Gasteiger partial charge >= 0.3 is 6.03 Å². The summed E-state index contributed by atoms with van der Waals surface area (Å²) in [6.45, 7) is 4.97. The first-order chi connectivity index (χ1) is 9.47. The second-order valence-corrected chi connectivity index (χ2v) is 5.52. The highest BCUT2D eigenvalue weighted by molar-refractivity contribution is 5.74. The molecule has 110 valence electrons. The van der Waals surface area contributed by atoms with Crippen LogP contribution in [0.4, 0.5) is 9.18 Å². The normalized spacial score (nSPS) is 22.7. The average molecular weight is 280 g/mol. The van der Waals surface area contributed by atoms with Crippen molar-refractivity contribution in [3.05, 3.63) is 35.1 Å². The molecule has 1 aliphatic rings. The first kappa shape index (κ1) is 14.8. The number of carbonyl (C=O) groups excluding carboxylic acids is 1. The van der Waals surface area contributed by atoms with Crippen LogP contribution in [-0.2, 0) is 6.54 Å². The third-order valence-electron chi connectivity index (χ3n) is 3.89. The van der Waals surface area contributed by atoms with Gasteiger partial charge in [0.25, 0.3) is 0 Å². The van der Waals surface area contributed by atoms with Gasteiger partial charge in [0, 0.05) is 19.6 Å². The van der Waals surface area contributed by atoms with E-state index in [4.69, 9.17) is 0 Å². The number of β-amino-alcohol motifs (C(OH)–C–C–N with tert-alkyl or cyclic N) is 1. The molecular weight excluding hydrogens is 259 g/mol. The van der Waals surface area contributed by atoms with Gasteiger partial charge in [0.1, 0.15) is 5.82 Å². The van der Waals surface area contributed by atoms with Gasteiger partial charge in [-0.05, 0) is 36.5 Å². The molecule has 0 spiro atoms. The van der Waals surface area contributed by atoms with Crippen molar-refractivity contribution in [1.82, 2.24) is 10.2 Å². The van der Waals surface area contributed by atoms with Gasteiger partial charge in [-0.2, -0.15) is 0 Å². The number of rotatable bonds is 2. The predicted octanol–water partition coefficient (Wildman–Crippen LogP) is 2.05. The molecule has 4 nitrogen and oxygen atoms in total. The van der Waals surface area contributed by atoms with Crippen LogP contribution in [0.3, 0.4) is 0 Å². The SMILES string of the molecule is Cc1ccc(CNC(=O)N2CCC(C)C(O)C2)cc1F. The Morgan fingerprint density at radius 3 is 2.95 bits per heavy atom. The molecule has 0 aromatic heterocycles. The summed E-state index contributed by atoms with van der Waals surface area (Å²) in [6.07, 6.45) is 0.333. The van der Waals surface area contributed by atoms with Crippen LogP contribution >= 0.6 is 0 Å². The van der Waals surface area contributed by atoms with Crippen LogP contribution in [0.2, 0.25) is 0 Å². The lowest BCUT2D eigenvalue weighted by Gasteiger charge is -2.34. The monoisotopic (exact) mass is 280 g/mol. The Bertz CT molecular complexity index is 493. The lowest BCUT2D eigenvalue weighted by molar-refractivity contribution is 0.0435. The van der Waals surface area contributed by atoms with Gasteiger partial charge in [-0.1, -0.05) is 19.1 Å². The number of nitrogens with zero attached hydrogens (tertiary/aromatic N) is 1. The van der Waals surface area contributed by atoms with Gasteiger partial charge < -0.3 is 15.3 Å². The fourth-order valence-corrected chi connectivity index (χ4v) is 2.27. The van der Waals surface area contributed by atoms with Crippen LogP contribution in [0.15, 0.2) is 18.2 Å². The number of nitrogens with one attached hydrogen (secondary N) is 1. The maximum absolute atomic E-state index is 13.4. The molecule has 1 aromatic rings. The number of hydrogen-bond acceptors (Lipinski definition) is 2. The van der Waals surface area contributed by atoms with E-state index in [1.807, 2.05) is 6.92 Å². The topological polar surface area (TPSA) is 52.6 Å². The van der Waals surface area contributed by atoms with Crippen LogP contribution in [0.25, 0.3) is 0 Å². The summed E-state index contributed by atoms with van der Waals surface area (Å²) in [7, 11) is 0. The number of hydrogen-bond donors (Lipinski definition) is 2. The average Bonchev–Trinajstić information content (AvgIpc) is 2.43. The number of piperidine rings is 1. The third kappa shape index (κ3) is 3.48. The predicted molar refractivity (Wildman–Crippen MR) is 74.7 cm³/mol. The fraction of sp³-hybridized carbons (Fsp3) is 0.533. The third-order valence-corrected chi connectivity index (χ3v) is 3.89. The van der Waals surface area contributed by atoms with Crippen molar-refractivity contribution < 1.29 is 14.3 Å². The van der Waals surface area contributed by atoms with Crippen LogP contribution in [0.5, 0.6) is 0 Å². The molecule has 1 aliphatic heterocycles. The van der Waals surface area contributed by atoms with Crippen LogP contribution in [0, 0.1) is 18.7 Å². The smallest absolute Gasteiger partial charge is 0.317 e. The summed E-state index contributed by atoms with van der Waals surface area (Å²) >= 11 is 0. The number of halogens is 1. The second kappa shape index (κ2) is 6.22. The van der Waals surface area contributed by atoms with Crippen molar-refractivity contribution in [2.24, 2.45) is 5.92 Å². The van der Waals surface area contributed by atoms with Gasteiger partial charge in [-0.25, -0.2) is 9.18 Å². The minimum atomic E-state index is -0.466. The first-order valence-corrected chi connectivity index (χ1v) is 6.93. The molecule has 0 saturated carbocycles. The Kier molecular flexibility index (Phi) is 4.60. The van der Waals surface area contributed by atoms with E-state index in [2.05, 4.69) is 5.32 Å². The van der Waals surface area contributed by atoms with Gasteiger partial charge in [-0.3, -0.25) is 0 Å². The Hall–Kier alpha value is -1.62. The minimum Gasteiger partial charge on any atom is -0.391 e. The molecule has 20 heavy (non-hydrogen) atoms. The molecule has 1 fully saturated rings. The van der Waals surface area contributed by atoms with Crippen LogP contribution < -0.4 is 5.32 Å². The quantitative estimate of drug-likeness (QED) is 0.871. The largest absolute Gasteiger partial charge is 0.391 e. The van der Waals surface area contributed by atoms with E-state index in [0.29, 0.717) is 18.7 Å². The van der Waals surface area contributed by atoms with Gasteiger partial charge in [0.2, 0.25) is 0 Å². The number of amides is 2. The molecule has 1 aromatic carbocycles. The molecule has 2 N–H and O–H groups in total. The molecule has 2 unspecified atom stereocenters. The van der Waals surface area contributed by atoms with Crippen molar-refractivity contribution in [2.45, 2.75) is 32.9 Å². The van der Waals surface area contributed by atoms with E-state index in [1.165, 1.54) is 6.07 Å². The number of carbonyl (C=O) groups is 1. The van der Waals surface area contributed by atoms with E-state index in [9.17, 15) is 14.3 Å². The lowest BCUT2D eigenvalue weighted by atomic mass is 9.96. The molecule has 1 heterocycles. The van der Waals surface area contributed by atoms with Crippen molar-refractivity contribution in [1.29, 1.82) is 0 Å². The van der Waals surface area contributed by atoms with Crippen molar-refractivity contribution in [3.8, 4) is 0 Å². The van der Waals surface area contributed by atoms with Crippen molar-refractivity contribution in [3.63, 3.8) is 0 Å². The number of likely N-dealkylation sites (tertiary alicyclic amines) is 1. The highest BCUT2D eigenvalue weighted by Crippen LogP contribution is 2.17. The summed E-state index contributed by atoms with van der Waals surface area (Å²) in [5.74, 6) is -0.0378. The summed E-state index contributed by atoms with van der Waals surface area (Å²) in [6, 6.07) is 4.72. The van der Waals surface area contributed by atoms with Crippen molar-refractivity contribution in [2.75, 3.05) is 13.1 Å². The molecule has 0 aliphatic carbocycles. The molecular formula is C15H21FN2O2. The van der Waals surface area contributed by atoms with Gasteiger partial charge in [-0.15, -0.1) is 0 Å². The van der Waals surface area contributed by atoms with Gasteiger partial charge in [0.15, 0.2) is 0 Å². The van der Waals surface area contributed by atoms with E-state index >= 15 is 0 Å². The number of aryl methyl sites for hydroxylation is 1. The van der Waals surface area contributed by atoms with E-state index in [-0.39, 0.29) is 24.3 Å². The van der Waals surface area contributed by atoms with Gasteiger partial charge in [0.05, 0.1) is 6.10 Å². The Labute approximate surface area is 118 Å². The number of urea groups is 1. The number of aliphatic hydroxyl groups excluding tert-OH is 1. The Balaban J connectivity index is 1.87. The second-order valence-electron chi connectivity index (χ2n) is 5.52. The molecule has 1 saturated heterocycles. The highest BCUT2D eigenvalue weighted by Gasteiger charge is 2.26. The summed E-state index contributed by atoms with van der Waals surface area (Å²) in [5.41, 5.74) is 1.32. The molecule has 2 rings (SSSR count). The standard InChI is InChI=1S/C15H21FN2O2/c1-10-3-4-12(7-13(10)16)8-17-15(20)18-6-5-11(2)14(19)9-18/h3-4,7,11,14,19H,5-6,8-9H2,1-2H3,(H,17,20). The van der Waals surface area contributed by atoms with E-state index < -0.39 is 6.10 Å². The molecule has 2 amide bonds. The first-order valence-electron chi connectivity index (χ1n) is 6.93. The molecule has 5 heteroatoms. The minimum absolute atomic E-state index is 0.211. The van der Waals surface area contributed by atoms with Crippen molar-refractivity contribution >= 4 is 6.03 Å². The highest BCUT2D eigenvalue weighted by atomic mass is 19.1. The molecule has 0 radical (unpaired) electrons. The van der Waals surface area contributed by atoms with E-state index in [0.717, 1.165) is 12.0 Å². The summed E-state index contributed by atoms with van der Waals surface area (Å²) in [4.78, 5) is 13.6. The summed E-state index contributed by atoms with van der Waals surface area (Å²) < 4.78 is 13.4. The number of aliphatic hydroxyl groups is 1. The Morgan fingerprint density at radius 1 is 1.55 bits per heavy atom. The zero-order valence-corrected chi connectivity index (χ0v) is 11.9. The fourth-order valence-electron chi connectivity index (χ4n) is 2.27. The maximum atomic E-state index is 13.4. The summed E-state index contributed by atoms with van der Waals surface area (Å²) in [5, 5.41) is 12.5. The number of benzene rings is 1.